The van der Waals surface area contributed by atoms with Gasteiger partial charge in [0.05, 0.1) is 18.3 Å². The SMILES string of the molecule is COCCn1c(C)c(C)c([C@H]2[C@H](c3ccccn3)N=C3S[C@@H](C)CN32)c1C. The van der Waals surface area contributed by atoms with E-state index in [1.165, 1.54) is 27.7 Å². The van der Waals surface area contributed by atoms with E-state index < -0.39 is 0 Å². The van der Waals surface area contributed by atoms with E-state index in [-0.39, 0.29) is 12.1 Å². The number of rotatable bonds is 5. The summed E-state index contributed by atoms with van der Waals surface area (Å²) in [5.74, 6) is 0. The molecule has 0 aliphatic carbocycles. The fourth-order valence-corrected chi connectivity index (χ4v) is 5.54. The Morgan fingerprint density at radius 3 is 2.74 bits per heavy atom. The van der Waals surface area contributed by atoms with Crippen LogP contribution in [-0.2, 0) is 11.3 Å². The number of amidine groups is 1. The van der Waals surface area contributed by atoms with Gasteiger partial charge in [-0.25, -0.2) is 0 Å². The van der Waals surface area contributed by atoms with E-state index >= 15 is 0 Å². The second-order valence-electron chi connectivity index (χ2n) is 7.49. The number of pyridine rings is 1. The number of thioether (sulfide) groups is 1. The van der Waals surface area contributed by atoms with Gasteiger partial charge < -0.3 is 14.2 Å². The van der Waals surface area contributed by atoms with Crippen LogP contribution in [0.4, 0.5) is 0 Å². The molecule has 0 radical (unpaired) electrons. The van der Waals surface area contributed by atoms with Crippen LogP contribution in [0.2, 0.25) is 0 Å². The minimum absolute atomic E-state index is 0.0521. The minimum atomic E-state index is 0.0521. The normalized spacial score (nSPS) is 24.4. The average molecular weight is 385 g/mol. The number of aliphatic imine (C=N–C) groups is 1. The van der Waals surface area contributed by atoms with Gasteiger partial charge in [0.1, 0.15) is 6.04 Å². The summed E-state index contributed by atoms with van der Waals surface area (Å²) < 4.78 is 7.73. The molecule has 0 saturated carbocycles. The Balaban J connectivity index is 1.81. The molecular weight excluding hydrogens is 356 g/mol. The molecule has 0 bridgehead atoms. The van der Waals surface area contributed by atoms with Crippen LogP contribution < -0.4 is 0 Å². The Kier molecular flexibility index (Phi) is 5.03. The van der Waals surface area contributed by atoms with Crippen LogP contribution in [0, 0.1) is 20.8 Å². The monoisotopic (exact) mass is 384 g/mol. The van der Waals surface area contributed by atoms with Gasteiger partial charge in [-0.15, -0.1) is 0 Å². The standard InChI is InChI=1S/C21H28N4OS/c1-13-12-25-20(18-14(2)15(3)24(16(18)4)10-11-26-5)19(23-21(25)27-13)17-8-6-7-9-22-17/h6-9,13,19-20H,10-12H2,1-5H3/t13-,19-,20-/m0/s1. The lowest BCUT2D eigenvalue weighted by atomic mass is 9.93. The lowest BCUT2D eigenvalue weighted by Gasteiger charge is -2.28. The first-order valence-electron chi connectivity index (χ1n) is 9.60. The van der Waals surface area contributed by atoms with Gasteiger partial charge in [0.25, 0.3) is 0 Å². The van der Waals surface area contributed by atoms with Gasteiger partial charge in [0.2, 0.25) is 0 Å². The third-order valence-electron chi connectivity index (χ3n) is 5.84. The molecule has 2 aromatic rings. The summed E-state index contributed by atoms with van der Waals surface area (Å²) in [7, 11) is 1.76. The van der Waals surface area contributed by atoms with E-state index in [9.17, 15) is 0 Å². The van der Waals surface area contributed by atoms with E-state index in [0.717, 1.165) is 25.4 Å². The Labute approximate surface area is 165 Å². The predicted octanol–water partition coefficient (Wildman–Crippen LogP) is 4.04. The van der Waals surface area contributed by atoms with E-state index in [1.807, 2.05) is 24.0 Å². The minimum Gasteiger partial charge on any atom is -0.383 e. The van der Waals surface area contributed by atoms with Gasteiger partial charge in [0, 0.05) is 48.6 Å². The number of ether oxygens (including phenoxy) is 1. The van der Waals surface area contributed by atoms with Gasteiger partial charge >= 0.3 is 0 Å². The van der Waals surface area contributed by atoms with Crippen molar-refractivity contribution in [3.8, 4) is 0 Å². The van der Waals surface area contributed by atoms with Crippen LogP contribution in [-0.4, -0.2) is 45.1 Å². The van der Waals surface area contributed by atoms with Gasteiger partial charge in [-0.3, -0.25) is 9.98 Å². The molecule has 4 rings (SSSR count). The highest BCUT2D eigenvalue weighted by Gasteiger charge is 2.45. The fourth-order valence-electron chi connectivity index (χ4n) is 4.45. The van der Waals surface area contributed by atoms with Crippen molar-refractivity contribution in [3.63, 3.8) is 0 Å². The van der Waals surface area contributed by atoms with Crippen molar-refractivity contribution in [1.82, 2.24) is 14.5 Å². The third-order valence-corrected chi connectivity index (χ3v) is 6.94. The topological polar surface area (TPSA) is 42.6 Å². The first-order chi connectivity index (χ1) is 13.0. The summed E-state index contributed by atoms with van der Waals surface area (Å²) in [6.45, 7) is 11.6. The zero-order chi connectivity index (χ0) is 19.1. The summed E-state index contributed by atoms with van der Waals surface area (Å²) in [6, 6.07) is 6.41. The number of fused-ring (bicyclic) bond motifs is 1. The van der Waals surface area contributed by atoms with Crippen molar-refractivity contribution >= 4 is 16.9 Å². The first-order valence-corrected chi connectivity index (χ1v) is 10.5. The molecule has 27 heavy (non-hydrogen) atoms. The van der Waals surface area contributed by atoms with Crippen LogP contribution in [0.1, 0.15) is 47.2 Å². The molecule has 144 valence electrons. The molecule has 0 amide bonds. The molecule has 1 saturated heterocycles. The van der Waals surface area contributed by atoms with E-state index in [2.05, 4.69) is 54.3 Å². The summed E-state index contributed by atoms with van der Waals surface area (Å²) in [6.07, 6.45) is 1.88. The van der Waals surface area contributed by atoms with Crippen LogP contribution in [0.25, 0.3) is 0 Å². The Bertz CT molecular complexity index is 861. The maximum atomic E-state index is 5.34. The Hall–Kier alpha value is -1.79. The first kappa shape index (κ1) is 18.6. The number of hydrogen-bond acceptors (Lipinski definition) is 5. The number of hydrogen-bond donors (Lipinski definition) is 0. The lowest BCUT2D eigenvalue weighted by Crippen LogP contribution is -2.29. The molecule has 2 aromatic heterocycles. The van der Waals surface area contributed by atoms with Crippen molar-refractivity contribution in [2.75, 3.05) is 20.3 Å². The van der Waals surface area contributed by atoms with Crippen LogP contribution in [0.15, 0.2) is 29.4 Å². The molecule has 1 fully saturated rings. The number of methoxy groups -OCH3 is 1. The lowest BCUT2D eigenvalue weighted by molar-refractivity contribution is 0.186. The fraction of sp³-hybridized carbons (Fsp3) is 0.524. The number of nitrogens with zero attached hydrogens (tertiary/aromatic N) is 4. The summed E-state index contributed by atoms with van der Waals surface area (Å²) in [5, 5.41) is 1.75. The van der Waals surface area contributed by atoms with Crippen LogP contribution in [0.3, 0.4) is 0 Å². The summed E-state index contributed by atoms with van der Waals surface area (Å²) >= 11 is 1.89. The molecule has 5 nitrogen and oxygen atoms in total. The van der Waals surface area contributed by atoms with Crippen molar-refractivity contribution in [1.29, 1.82) is 0 Å². The van der Waals surface area contributed by atoms with Crippen molar-refractivity contribution in [3.05, 3.63) is 52.6 Å². The van der Waals surface area contributed by atoms with Crippen LogP contribution >= 0.6 is 11.8 Å². The molecule has 0 aromatic carbocycles. The Morgan fingerprint density at radius 1 is 1.22 bits per heavy atom. The molecule has 2 aliphatic rings. The van der Waals surface area contributed by atoms with Gasteiger partial charge in [-0.1, -0.05) is 24.8 Å². The smallest absolute Gasteiger partial charge is 0.160 e. The molecular formula is C21H28N4OS. The average Bonchev–Trinajstić information content (AvgIpc) is 3.25. The summed E-state index contributed by atoms with van der Waals surface area (Å²) in [4.78, 5) is 12.3. The maximum absolute atomic E-state index is 5.34. The molecule has 6 heteroatoms. The second kappa shape index (κ2) is 7.32. The van der Waals surface area contributed by atoms with Gasteiger partial charge in [0.15, 0.2) is 5.17 Å². The largest absolute Gasteiger partial charge is 0.383 e. The quantitative estimate of drug-likeness (QED) is 0.780. The molecule has 0 unspecified atom stereocenters. The summed E-state index contributed by atoms with van der Waals surface area (Å²) in [5.41, 5.74) is 6.49. The zero-order valence-electron chi connectivity index (χ0n) is 16.8. The molecule has 0 N–H and O–H groups in total. The second-order valence-corrected chi connectivity index (χ2v) is 8.90. The van der Waals surface area contributed by atoms with E-state index in [4.69, 9.17) is 9.73 Å². The van der Waals surface area contributed by atoms with Crippen molar-refractivity contribution in [2.24, 2.45) is 4.99 Å². The Morgan fingerprint density at radius 2 is 2.04 bits per heavy atom. The number of aromatic nitrogens is 2. The maximum Gasteiger partial charge on any atom is 0.160 e. The predicted molar refractivity (Wildman–Crippen MR) is 111 cm³/mol. The van der Waals surface area contributed by atoms with Gasteiger partial charge in [-0.2, -0.15) is 0 Å². The van der Waals surface area contributed by atoms with Crippen molar-refractivity contribution < 1.29 is 4.74 Å². The van der Waals surface area contributed by atoms with Gasteiger partial charge in [-0.05, 0) is 38.5 Å². The molecule has 3 atom stereocenters. The van der Waals surface area contributed by atoms with Crippen molar-refractivity contribution in [2.45, 2.75) is 51.6 Å². The molecule has 2 aliphatic heterocycles. The highest BCUT2D eigenvalue weighted by molar-refractivity contribution is 8.14. The molecule has 4 heterocycles. The highest BCUT2D eigenvalue weighted by atomic mass is 32.2. The highest BCUT2D eigenvalue weighted by Crippen LogP contribution is 2.49. The third kappa shape index (κ3) is 3.09. The molecule has 0 spiro atoms. The van der Waals surface area contributed by atoms with E-state index in [0.29, 0.717) is 5.25 Å². The zero-order valence-corrected chi connectivity index (χ0v) is 17.6. The van der Waals surface area contributed by atoms with Crippen LogP contribution in [0.5, 0.6) is 0 Å². The van der Waals surface area contributed by atoms with E-state index in [1.54, 1.807) is 7.11 Å².